The molecule has 21 heavy (non-hydrogen) atoms. The van der Waals surface area contributed by atoms with Gasteiger partial charge in [0.2, 0.25) is 0 Å². The molecule has 1 fully saturated rings. The zero-order valence-electron chi connectivity index (χ0n) is 13.2. The second-order valence-corrected chi connectivity index (χ2v) is 6.08. The van der Waals surface area contributed by atoms with Crippen LogP contribution in [-0.2, 0) is 18.2 Å². The molecule has 0 amide bonds. The molecule has 114 valence electrons. The molecule has 3 atom stereocenters. The monoisotopic (exact) mass is 287 g/mol. The van der Waals surface area contributed by atoms with Crippen molar-refractivity contribution in [3.63, 3.8) is 0 Å². The molecule has 0 radical (unpaired) electrons. The SMILES string of the molecule is CCNC(Cc1nc2ccccc2n1C)C1COC(C)C1. The first kappa shape index (κ1) is 14.5. The van der Waals surface area contributed by atoms with Gasteiger partial charge in [-0.2, -0.15) is 0 Å². The van der Waals surface area contributed by atoms with Crippen molar-refractivity contribution in [1.29, 1.82) is 0 Å². The molecule has 1 aromatic carbocycles. The molecule has 0 saturated carbocycles. The van der Waals surface area contributed by atoms with E-state index in [9.17, 15) is 0 Å². The number of hydrogen-bond acceptors (Lipinski definition) is 3. The van der Waals surface area contributed by atoms with E-state index in [1.54, 1.807) is 0 Å². The van der Waals surface area contributed by atoms with E-state index in [0.29, 0.717) is 18.1 Å². The lowest BCUT2D eigenvalue weighted by atomic mass is 9.94. The van der Waals surface area contributed by atoms with Gasteiger partial charge in [0.25, 0.3) is 0 Å². The highest BCUT2D eigenvalue weighted by atomic mass is 16.5. The standard InChI is InChI=1S/C17H25N3O/c1-4-18-15(13-9-12(2)21-11-13)10-17-19-14-7-5-6-8-16(14)20(17)3/h5-8,12-13,15,18H,4,9-11H2,1-3H3. The summed E-state index contributed by atoms with van der Waals surface area (Å²) in [6.07, 6.45) is 2.48. The van der Waals surface area contributed by atoms with Gasteiger partial charge in [-0.3, -0.25) is 0 Å². The van der Waals surface area contributed by atoms with E-state index >= 15 is 0 Å². The summed E-state index contributed by atoms with van der Waals surface area (Å²) in [5.41, 5.74) is 2.29. The van der Waals surface area contributed by atoms with Gasteiger partial charge in [-0.05, 0) is 32.0 Å². The fourth-order valence-corrected chi connectivity index (χ4v) is 3.37. The maximum atomic E-state index is 5.75. The van der Waals surface area contributed by atoms with Crippen LogP contribution in [0.2, 0.25) is 0 Å². The summed E-state index contributed by atoms with van der Waals surface area (Å²) in [6.45, 7) is 6.18. The number of nitrogens with one attached hydrogen (secondary N) is 1. The number of imidazole rings is 1. The summed E-state index contributed by atoms with van der Waals surface area (Å²) in [5, 5.41) is 3.63. The summed E-state index contributed by atoms with van der Waals surface area (Å²) >= 11 is 0. The number of rotatable bonds is 5. The molecule has 1 aliphatic heterocycles. The molecule has 1 aliphatic rings. The van der Waals surface area contributed by atoms with Crippen LogP contribution in [0.4, 0.5) is 0 Å². The molecular weight excluding hydrogens is 262 g/mol. The average Bonchev–Trinajstić information content (AvgIpc) is 3.04. The lowest BCUT2D eigenvalue weighted by Crippen LogP contribution is -2.39. The molecule has 4 heteroatoms. The van der Waals surface area contributed by atoms with Crippen LogP contribution in [0.5, 0.6) is 0 Å². The van der Waals surface area contributed by atoms with Crippen molar-refractivity contribution in [3.8, 4) is 0 Å². The zero-order valence-corrected chi connectivity index (χ0v) is 13.2. The zero-order chi connectivity index (χ0) is 14.8. The van der Waals surface area contributed by atoms with Gasteiger partial charge in [-0.1, -0.05) is 19.1 Å². The summed E-state index contributed by atoms with van der Waals surface area (Å²) < 4.78 is 7.97. The lowest BCUT2D eigenvalue weighted by molar-refractivity contribution is 0.117. The first-order chi connectivity index (χ1) is 10.2. The number of aromatic nitrogens is 2. The Morgan fingerprint density at radius 3 is 2.90 bits per heavy atom. The smallest absolute Gasteiger partial charge is 0.111 e. The van der Waals surface area contributed by atoms with Crippen molar-refractivity contribution in [2.45, 2.75) is 38.8 Å². The van der Waals surface area contributed by atoms with E-state index in [1.165, 1.54) is 5.52 Å². The molecule has 1 N–H and O–H groups in total. The first-order valence-electron chi connectivity index (χ1n) is 7.94. The van der Waals surface area contributed by atoms with Crippen molar-refractivity contribution in [2.75, 3.05) is 13.2 Å². The van der Waals surface area contributed by atoms with E-state index < -0.39 is 0 Å². The van der Waals surface area contributed by atoms with Gasteiger partial charge in [0, 0.05) is 25.4 Å². The summed E-state index contributed by atoms with van der Waals surface area (Å²) in [6, 6.07) is 8.78. The number of aryl methyl sites for hydroxylation is 1. The normalized spacial score (nSPS) is 23.8. The summed E-state index contributed by atoms with van der Waals surface area (Å²) in [4.78, 5) is 4.81. The van der Waals surface area contributed by atoms with Gasteiger partial charge in [-0.15, -0.1) is 0 Å². The first-order valence-corrected chi connectivity index (χ1v) is 7.94. The largest absolute Gasteiger partial charge is 0.378 e. The Kier molecular flexibility index (Phi) is 4.27. The quantitative estimate of drug-likeness (QED) is 0.918. The van der Waals surface area contributed by atoms with E-state index in [2.05, 4.69) is 49.0 Å². The highest BCUT2D eigenvalue weighted by molar-refractivity contribution is 5.75. The average molecular weight is 287 g/mol. The minimum atomic E-state index is 0.386. The second kappa shape index (κ2) is 6.16. The Balaban J connectivity index is 1.82. The molecule has 3 unspecified atom stereocenters. The van der Waals surface area contributed by atoms with Gasteiger partial charge in [-0.25, -0.2) is 4.98 Å². The maximum Gasteiger partial charge on any atom is 0.111 e. The van der Waals surface area contributed by atoms with E-state index in [4.69, 9.17) is 9.72 Å². The van der Waals surface area contributed by atoms with Crippen LogP contribution in [0.15, 0.2) is 24.3 Å². The van der Waals surface area contributed by atoms with Crippen LogP contribution in [0.3, 0.4) is 0 Å². The van der Waals surface area contributed by atoms with Crippen LogP contribution in [0, 0.1) is 5.92 Å². The van der Waals surface area contributed by atoms with Crippen LogP contribution in [0.1, 0.15) is 26.1 Å². The Morgan fingerprint density at radius 2 is 2.24 bits per heavy atom. The lowest BCUT2D eigenvalue weighted by Gasteiger charge is -2.23. The highest BCUT2D eigenvalue weighted by Crippen LogP contribution is 2.25. The molecule has 2 aromatic rings. The molecule has 0 bridgehead atoms. The van der Waals surface area contributed by atoms with Crippen molar-refractivity contribution in [1.82, 2.24) is 14.9 Å². The van der Waals surface area contributed by atoms with Crippen LogP contribution in [0.25, 0.3) is 11.0 Å². The highest BCUT2D eigenvalue weighted by Gasteiger charge is 2.30. The van der Waals surface area contributed by atoms with Gasteiger partial charge in [0.05, 0.1) is 23.7 Å². The molecule has 1 aromatic heterocycles. The van der Waals surface area contributed by atoms with Crippen LogP contribution >= 0.6 is 0 Å². The molecule has 2 heterocycles. The Bertz CT molecular complexity index is 607. The van der Waals surface area contributed by atoms with Gasteiger partial charge in [0.15, 0.2) is 0 Å². The third kappa shape index (κ3) is 2.97. The van der Waals surface area contributed by atoms with Crippen molar-refractivity contribution < 1.29 is 4.74 Å². The third-order valence-corrected chi connectivity index (χ3v) is 4.55. The number of para-hydroxylation sites is 2. The molecular formula is C17H25N3O. The van der Waals surface area contributed by atoms with E-state index in [0.717, 1.165) is 37.3 Å². The fraction of sp³-hybridized carbons (Fsp3) is 0.588. The van der Waals surface area contributed by atoms with Crippen LogP contribution < -0.4 is 5.32 Å². The number of fused-ring (bicyclic) bond motifs is 1. The predicted octanol–water partition coefficient (Wildman–Crippen LogP) is 2.52. The number of likely N-dealkylation sites (N-methyl/N-ethyl adjacent to an activating group) is 1. The van der Waals surface area contributed by atoms with Gasteiger partial charge < -0.3 is 14.6 Å². The van der Waals surface area contributed by atoms with Crippen molar-refractivity contribution in [2.24, 2.45) is 13.0 Å². The van der Waals surface area contributed by atoms with Crippen LogP contribution in [-0.4, -0.2) is 34.8 Å². The van der Waals surface area contributed by atoms with Gasteiger partial charge in [0.1, 0.15) is 5.82 Å². The second-order valence-electron chi connectivity index (χ2n) is 6.08. The van der Waals surface area contributed by atoms with Gasteiger partial charge >= 0.3 is 0 Å². The topological polar surface area (TPSA) is 39.1 Å². The Morgan fingerprint density at radius 1 is 1.43 bits per heavy atom. The number of ether oxygens (including phenoxy) is 1. The Labute approximate surface area is 126 Å². The number of hydrogen-bond donors (Lipinski definition) is 1. The number of nitrogens with zero attached hydrogens (tertiary/aromatic N) is 2. The molecule has 0 spiro atoms. The Hall–Kier alpha value is -1.39. The van der Waals surface area contributed by atoms with Crippen molar-refractivity contribution >= 4 is 11.0 Å². The van der Waals surface area contributed by atoms with Crippen molar-refractivity contribution in [3.05, 3.63) is 30.1 Å². The molecule has 1 saturated heterocycles. The molecule has 4 nitrogen and oxygen atoms in total. The molecule has 3 rings (SSSR count). The predicted molar refractivity (Wildman–Crippen MR) is 85.4 cm³/mol. The number of benzene rings is 1. The maximum absolute atomic E-state index is 5.75. The fourth-order valence-electron chi connectivity index (χ4n) is 3.37. The summed E-state index contributed by atoms with van der Waals surface area (Å²) in [7, 11) is 2.11. The third-order valence-electron chi connectivity index (χ3n) is 4.55. The summed E-state index contributed by atoms with van der Waals surface area (Å²) in [5.74, 6) is 1.74. The van der Waals surface area contributed by atoms with E-state index in [1.807, 2.05) is 6.07 Å². The minimum Gasteiger partial charge on any atom is -0.378 e. The van der Waals surface area contributed by atoms with E-state index in [-0.39, 0.29) is 0 Å². The minimum absolute atomic E-state index is 0.386. The molecule has 0 aliphatic carbocycles.